The largest absolute Gasteiger partial charge is 0.477 e. The van der Waals surface area contributed by atoms with Crippen LogP contribution in [0.3, 0.4) is 0 Å². The number of H-pyrrole nitrogens is 1. The number of rotatable bonds is 2. The van der Waals surface area contributed by atoms with Gasteiger partial charge in [-0.2, -0.15) is 0 Å². The van der Waals surface area contributed by atoms with Gasteiger partial charge in [-0.3, -0.25) is 0 Å². The number of aromatic nitrogens is 2. The van der Waals surface area contributed by atoms with Gasteiger partial charge < -0.3 is 10.1 Å². The van der Waals surface area contributed by atoms with Crippen LogP contribution in [0.25, 0.3) is 11.3 Å². The van der Waals surface area contributed by atoms with E-state index in [0.717, 1.165) is 11.1 Å². The molecule has 0 saturated heterocycles. The standard InChI is InChI=1S/C11H10N2O2/c1-7-3-2-4-8(5-7)9-10(11(14)15)13-6-12-9/h2-6H,1H3,(H,12,13)(H,14,15). The van der Waals surface area contributed by atoms with Crippen LogP contribution in [0.1, 0.15) is 16.1 Å². The number of aromatic amines is 1. The summed E-state index contributed by atoms with van der Waals surface area (Å²) in [5.74, 6) is -0.996. The summed E-state index contributed by atoms with van der Waals surface area (Å²) in [4.78, 5) is 17.5. The molecule has 0 amide bonds. The molecule has 0 aliphatic carbocycles. The monoisotopic (exact) mass is 202 g/mol. The van der Waals surface area contributed by atoms with Crippen LogP contribution in [0.4, 0.5) is 0 Å². The van der Waals surface area contributed by atoms with Crippen LogP contribution < -0.4 is 0 Å². The number of aryl methyl sites for hydroxylation is 1. The maximum Gasteiger partial charge on any atom is 0.354 e. The van der Waals surface area contributed by atoms with Crippen LogP contribution in [0.15, 0.2) is 30.6 Å². The number of hydrogen-bond acceptors (Lipinski definition) is 2. The Balaban J connectivity index is 2.54. The highest BCUT2D eigenvalue weighted by molar-refractivity contribution is 5.92. The average molecular weight is 202 g/mol. The fraction of sp³-hybridized carbons (Fsp3) is 0.0909. The van der Waals surface area contributed by atoms with Gasteiger partial charge in [-0.25, -0.2) is 9.78 Å². The Bertz CT molecular complexity index is 503. The van der Waals surface area contributed by atoms with Gasteiger partial charge in [0.05, 0.1) is 6.33 Å². The maximum absolute atomic E-state index is 10.9. The Labute approximate surface area is 86.6 Å². The zero-order valence-corrected chi connectivity index (χ0v) is 8.19. The number of carboxylic acids is 1. The Hall–Kier alpha value is -2.10. The summed E-state index contributed by atoms with van der Waals surface area (Å²) in [6.07, 6.45) is 1.39. The normalized spacial score (nSPS) is 10.2. The highest BCUT2D eigenvalue weighted by atomic mass is 16.4. The van der Waals surface area contributed by atoms with Gasteiger partial charge in [0, 0.05) is 5.56 Å². The summed E-state index contributed by atoms with van der Waals surface area (Å²) in [5, 5.41) is 8.91. The van der Waals surface area contributed by atoms with Crippen LogP contribution >= 0.6 is 0 Å². The number of carboxylic acid groups (broad SMARTS) is 1. The number of imidazole rings is 1. The van der Waals surface area contributed by atoms with Gasteiger partial charge in [-0.05, 0) is 13.0 Å². The molecule has 0 radical (unpaired) electrons. The molecule has 1 heterocycles. The molecule has 0 atom stereocenters. The molecule has 0 aliphatic rings. The van der Waals surface area contributed by atoms with Crippen molar-refractivity contribution in [1.82, 2.24) is 9.97 Å². The topological polar surface area (TPSA) is 66.0 Å². The first-order chi connectivity index (χ1) is 7.18. The third kappa shape index (κ3) is 1.74. The summed E-state index contributed by atoms with van der Waals surface area (Å²) in [6.45, 7) is 1.95. The predicted molar refractivity (Wildman–Crippen MR) is 55.7 cm³/mol. The SMILES string of the molecule is Cc1cccc(-c2nc[nH]c2C(=O)O)c1. The summed E-state index contributed by atoms with van der Waals surface area (Å²) >= 11 is 0. The molecule has 4 nitrogen and oxygen atoms in total. The van der Waals surface area contributed by atoms with Crippen molar-refractivity contribution in [2.45, 2.75) is 6.92 Å². The Morgan fingerprint density at radius 3 is 2.93 bits per heavy atom. The molecule has 2 N–H and O–H groups in total. The summed E-state index contributed by atoms with van der Waals surface area (Å²) < 4.78 is 0. The molecule has 0 aliphatic heterocycles. The van der Waals surface area contributed by atoms with Crippen molar-refractivity contribution in [1.29, 1.82) is 0 Å². The van der Waals surface area contributed by atoms with E-state index in [2.05, 4.69) is 9.97 Å². The number of nitrogens with one attached hydrogen (secondary N) is 1. The van der Waals surface area contributed by atoms with E-state index in [1.54, 1.807) is 0 Å². The van der Waals surface area contributed by atoms with E-state index in [-0.39, 0.29) is 5.69 Å². The Morgan fingerprint density at radius 1 is 1.47 bits per heavy atom. The van der Waals surface area contributed by atoms with Gasteiger partial charge >= 0.3 is 5.97 Å². The zero-order chi connectivity index (χ0) is 10.8. The lowest BCUT2D eigenvalue weighted by molar-refractivity contribution is 0.0692. The van der Waals surface area contributed by atoms with Gasteiger partial charge in [0.1, 0.15) is 5.69 Å². The van der Waals surface area contributed by atoms with E-state index in [1.165, 1.54) is 6.33 Å². The predicted octanol–water partition coefficient (Wildman–Crippen LogP) is 2.08. The quantitative estimate of drug-likeness (QED) is 0.783. The number of nitrogens with zero attached hydrogens (tertiary/aromatic N) is 1. The van der Waals surface area contributed by atoms with E-state index in [4.69, 9.17) is 5.11 Å². The first-order valence-electron chi connectivity index (χ1n) is 4.52. The summed E-state index contributed by atoms with van der Waals surface area (Å²) in [6, 6.07) is 7.58. The van der Waals surface area contributed by atoms with Gasteiger partial charge in [0.2, 0.25) is 0 Å². The smallest absolute Gasteiger partial charge is 0.354 e. The molecular weight excluding hydrogens is 192 g/mol. The molecule has 0 saturated carbocycles. The second-order valence-electron chi connectivity index (χ2n) is 3.30. The Morgan fingerprint density at radius 2 is 2.27 bits per heavy atom. The third-order valence-electron chi connectivity index (χ3n) is 2.14. The van der Waals surface area contributed by atoms with Gasteiger partial charge in [-0.15, -0.1) is 0 Å². The fourth-order valence-corrected chi connectivity index (χ4v) is 1.47. The molecule has 0 fully saturated rings. The van der Waals surface area contributed by atoms with Gasteiger partial charge in [0.25, 0.3) is 0 Å². The molecule has 2 rings (SSSR count). The molecule has 0 bridgehead atoms. The van der Waals surface area contributed by atoms with E-state index in [0.29, 0.717) is 5.69 Å². The van der Waals surface area contributed by atoms with Crippen molar-refractivity contribution in [3.8, 4) is 11.3 Å². The molecule has 0 spiro atoms. The summed E-state index contributed by atoms with van der Waals surface area (Å²) in [5.41, 5.74) is 2.49. The van der Waals surface area contributed by atoms with Crippen molar-refractivity contribution >= 4 is 5.97 Å². The van der Waals surface area contributed by atoms with Crippen molar-refractivity contribution in [2.75, 3.05) is 0 Å². The molecule has 1 aromatic heterocycles. The van der Waals surface area contributed by atoms with E-state index < -0.39 is 5.97 Å². The van der Waals surface area contributed by atoms with Crippen LogP contribution in [0.2, 0.25) is 0 Å². The number of hydrogen-bond donors (Lipinski definition) is 2. The average Bonchev–Trinajstić information content (AvgIpc) is 2.65. The number of benzene rings is 1. The van der Waals surface area contributed by atoms with Crippen molar-refractivity contribution < 1.29 is 9.90 Å². The molecule has 2 aromatic rings. The van der Waals surface area contributed by atoms with Crippen molar-refractivity contribution in [3.05, 3.63) is 41.9 Å². The number of carbonyl (C=O) groups is 1. The van der Waals surface area contributed by atoms with Gasteiger partial charge in [0.15, 0.2) is 5.69 Å². The van der Waals surface area contributed by atoms with Crippen LogP contribution in [0, 0.1) is 6.92 Å². The van der Waals surface area contributed by atoms with Crippen LogP contribution in [0.5, 0.6) is 0 Å². The van der Waals surface area contributed by atoms with E-state index in [9.17, 15) is 4.79 Å². The maximum atomic E-state index is 10.9. The lowest BCUT2D eigenvalue weighted by atomic mass is 10.1. The third-order valence-corrected chi connectivity index (χ3v) is 2.14. The van der Waals surface area contributed by atoms with E-state index >= 15 is 0 Å². The zero-order valence-electron chi connectivity index (χ0n) is 8.19. The summed E-state index contributed by atoms with van der Waals surface area (Å²) in [7, 11) is 0. The Kier molecular flexibility index (Phi) is 2.25. The number of aromatic carboxylic acids is 1. The van der Waals surface area contributed by atoms with Crippen molar-refractivity contribution in [3.63, 3.8) is 0 Å². The fourth-order valence-electron chi connectivity index (χ4n) is 1.47. The first-order valence-corrected chi connectivity index (χ1v) is 4.52. The molecule has 4 heteroatoms. The highest BCUT2D eigenvalue weighted by Crippen LogP contribution is 2.20. The second kappa shape index (κ2) is 3.57. The first kappa shape index (κ1) is 9.45. The lowest BCUT2D eigenvalue weighted by Gasteiger charge is -2.00. The minimum atomic E-state index is -0.996. The molecule has 76 valence electrons. The van der Waals surface area contributed by atoms with Gasteiger partial charge in [-0.1, -0.05) is 23.8 Å². The molecule has 1 aromatic carbocycles. The van der Waals surface area contributed by atoms with E-state index in [1.807, 2.05) is 31.2 Å². The molecular formula is C11H10N2O2. The van der Waals surface area contributed by atoms with Crippen molar-refractivity contribution in [2.24, 2.45) is 0 Å². The van der Waals surface area contributed by atoms with Crippen LogP contribution in [-0.4, -0.2) is 21.0 Å². The minimum absolute atomic E-state index is 0.126. The second-order valence-corrected chi connectivity index (χ2v) is 3.30. The molecule has 0 unspecified atom stereocenters. The highest BCUT2D eigenvalue weighted by Gasteiger charge is 2.13. The minimum Gasteiger partial charge on any atom is -0.477 e. The van der Waals surface area contributed by atoms with Crippen LogP contribution in [-0.2, 0) is 0 Å². The molecule has 15 heavy (non-hydrogen) atoms. The lowest BCUT2D eigenvalue weighted by Crippen LogP contribution is -1.99.